The summed E-state index contributed by atoms with van der Waals surface area (Å²) in [5.74, 6) is 1.90. The summed E-state index contributed by atoms with van der Waals surface area (Å²) in [4.78, 5) is 26.2. The molecule has 0 aliphatic carbocycles. The van der Waals surface area contributed by atoms with Crippen molar-refractivity contribution in [2.45, 2.75) is 38.3 Å². The summed E-state index contributed by atoms with van der Waals surface area (Å²) in [7, 11) is 0. The van der Waals surface area contributed by atoms with Gasteiger partial charge >= 0.3 is 0 Å². The van der Waals surface area contributed by atoms with Gasteiger partial charge in [-0.1, -0.05) is 6.07 Å². The molecule has 5 heterocycles. The third kappa shape index (κ3) is 2.92. The highest BCUT2D eigenvalue weighted by atomic mass is 16.1. The Balaban J connectivity index is 1.34. The van der Waals surface area contributed by atoms with E-state index in [1.807, 2.05) is 22.9 Å². The van der Waals surface area contributed by atoms with Crippen LogP contribution < -0.4 is 10.5 Å². The van der Waals surface area contributed by atoms with Crippen molar-refractivity contribution in [3.63, 3.8) is 0 Å². The fraction of sp³-hybridized carbons (Fsp3) is 0.550. The van der Waals surface area contributed by atoms with E-state index in [-0.39, 0.29) is 5.56 Å². The molecule has 3 aliphatic heterocycles. The lowest BCUT2D eigenvalue weighted by atomic mass is 9.83. The number of pyridine rings is 1. The summed E-state index contributed by atoms with van der Waals surface area (Å²) >= 11 is 0. The zero-order chi connectivity index (χ0) is 17.5. The minimum atomic E-state index is 0.150. The normalized spacial score (nSPS) is 25.3. The van der Waals surface area contributed by atoms with Gasteiger partial charge in [-0.15, -0.1) is 0 Å². The second-order valence-electron chi connectivity index (χ2n) is 7.93. The second kappa shape index (κ2) is 6.50. The standard InChI is InChI=1S/C20H25N5O/c26-19-5-3-4-18-16-10-15(12-25(18)19)11-23(13-16)14-17-6-7-21-20(22-17)24-8-1-2-9-24/h3-7,15-16H,1-2,8-14H2/t15-,16-/m0/s1. The van der Waals surface area contributed by atoms with Gasteiger partial charge in [0.1, 0.15) is 0 Å². The first-order valence-electron chi connectivity index (χ1n) is 9.75. The van der Waals surface area contributed by atoms with Crippen molar-refractivity contribution in [1.82, 2.24) is 19.4 Å². The number of aromatic nitrogens is 3. The number of piperidine rings is 1. The van der Waals surface area contributed by atoms with Gasteiger partial charge in [0.05, 0.1) is 5.69 Å². The number of hydrogen-bond donors (Lipinski definition) is 0. The van der Waals surface area contributed by atoms with Crippen LogP contribution in [0.25, 0.3) is 0 Å². The average Bonchev–Trinajstić information content (AvgIpc) is 3.18. The first-order valence-corrected chi connectivity index (χ1v) is 9.75. The summed E-state index contributed by atoms with van der Waals surface area (Å²) in [5, 5.41) is 0. The Morgan fingerprint density at radius 2 is 1.96 bits per heavy atom. The van der Waals surface area contributed by atoms with E-state index >= 15 is 0 Å². The van der Waals surface area contributed by atoms with Crippen molar-refractivity contribution in [1.29, 1.82) is 0 Å². The lowest BCUT2D eigenvalue weighted by Crippen LogP contribution is -2.46. The predicted octanol–water partition coefficient (Wildman–Crippen LogP) is 1.86. The molecule has 2 fully saturated rings. The molecule has 0 N–H and O–H groups in total. The lowest BCUT2D eigenvalue weighted by molar-refractivity contribution is 0.113. The number of likely N-dealkylation sites (tertiary alicyclic amines) is 1. The van der Waals surface area contributed by atoms with Crippen LogP contribution in [0, 0.1) is 5.92 Å². The van der Waals surface area contributed by atoms with Crippen LogP contribution in [0.1, 0.15) is 36.6 Å². The molecule has 2 aromatic heterocycles. The van der Waals surface area contributed by atoms with E-state index in [0.29, 0.717) is 11.8 Å². The van der Waals surface area contributed by atoms with Crippen LogP contribution in [-0.2, 0) is 13.1 Å². The maximum atomic E-state index is 12.2. The van der Waals surface area contributed by atoms with E-state index in [4.69, 9.17) is 4.98 Å². The minimum Gasteiger partial charge on any atom is -0.341 e. The first-order chi connectivity index (χ1) is 12.8. The Hall–Kier alpha value is -2.21. The maximum Gasteiger partial charge on any atom is 0.250 e. The molecular weight excluding hydrogens is 326 g/mol. The molecule has 0 amide bonds. The molecule has 2 bridgehead atoms. The molecule has 3 aliphatic rings. The fourth-order valence-corrected chi connectivity index (χ4v) is 4.90. The van der Waals surface area contributed by atoms with Gasteiger partial charge in [-0.2, -0.15) is 0 Å². The zero-order valence-electron chi connectivity index (χ0n) is 15.0. The van der Waals surface area contributed by atoms with Crippen molar-refractivity contribution in [2.75, 3.05) is 31.1 Å². The molecular formula is C20H25N5O. The first kappa shape index (κ1) is 16.0. The lowest BCUT2D eigenvalue weighted by Gasteiger charge is -2.42. The highest BCUT2D eigenvalue weighted by molar-refractivity contribution is 5.31. The third-order valence-corrected chi connectivity index (χ3v) is 6.03. The predicted molar refractivity (Wildman–Crippen MR) is 100 cm³/mol. The van der Waals surface area contributed by atoms with Gasteiger partial charge in [-0.25, -0.2) is 9.97 Å². The molecule has 0 radical (unpaired) electrons. The third-order valence-electron chi connectivity index (χ3n) is 6.03. The van der Waals surface area contributed by atoms with Gasteiger partial charge in [0, 0.05) is 63.1 Å². The summed E-state index contributed by atoms with van der Waals surface area (Å²) in [6, 6.07) is 7.76. The Morgan fingerprint density at radius 1 is 1.08 bits per heavy atom. The Morgan fingerprint density at radius 3 is 2.85 bits per heavy atom. The van der Waals surface area contributed by atoms with Crippen molar-refractivity contribution >= 4 is 5.95 Å². The van der Waals surface area contributed by atoms with Crippen LogP contribution in [0.5, 0.6) is 0 Å². The Kier molecular flexibility index (Phi) is 4.00. The monoisotopic (exact) mass is 351 g/mol. The summed E-state index contributed by atoms with van der Waals surface area (Å²) < 4.78 is 1.99. The van der Waals surface area contributed by atoms with Gasteiger partial charge in [0.2, 0.25) is 5.95 Å². The van der Waals surface area contributed by atoms with Gasteiger partial charge in [-0.3, -0.25) is 9.69 Å². The Labute approximate surface area is 153 Å². The van der Waals surface area contributed by atoms with E-state index in [1.54, 1.807) is 6.07 Å². The smallest absolute Gasteiger partial charge is 0.250 e. The van der Waals surface area contributed by atoms with E-state index in [0.717, 1.165) is 50.9 Å². The average molecular weight is 351 g/mol. The fourth-order valence-electron chi connectivity index (χ4n) is 4.90. The van der Waals surface area contributed by atoms with E-state index in [1.165, 1.54) is 25.0 Å². The highest BCUT2D eigenvalue weighted by Gasteiger charge is 2.34. The molecule has 6 nitrogen and oxygen atoms in total. The molecule has 2 atom stereocenters. The molecule has 0 unspecified atom stereocenters. The molecule has 6 heteroatoms. The Bertz CT molecular complexity index is 857. The summed E-state index contributed by atoms with van der Waals surface area (Å²) in [5.41, 5.74) is 2.46. The van der Waals surface area contributed by atoms with E-state index < -0.39 is 0 Å². The van der Waals surface area contributed by atoms with Gasteiger partial charge < -0.3 is 9.47 Å². The van der Waals surface area contributed by atoms with Crippen LogP contribution in [-0.4, -0.2) is 45.6 Å². The summed E-state index contributed by atoms with van der Waals surface area (Å²) in [6.07, 6.45) is 5.57. The van der Waals surface area contributed by atoms with Crippen LogP contribution in [0.4, 0.5) is 5.95 Å². The number of nitrogens with zero attached hydrogens (tertiary/aromatic N) is 5. The summed E-state index contributed by atoms with van der Waals surface area (Å²) in [6.45, 7) is 5.91. The number of rotatable bonds is 3. The zero-order valence-corrected chi connectivity index (χ0v) is 15.0. The molecule has 0 saturated carbocycles. The molecule has 2 saturated heterocycles. The molecule has 136 valence electrons. The van der Waals surface area contributed by atoms with Crippen molar-refractivity contribution in [3.05, 3.63) is 52.2 Å². The van der Waals surface area contributed by atoms with Gasteiger partial charge in [0.25, 0.3) is 5.56 Å². The van der Waals surface area contributed by atoms with Crippen molar-refractivity contribution in [3.8, 4) is 0 Å². The molecule has 2 aromatic rings. The topological polar surface area (TPSA) is 54.3 Å². The molecule has 0 spiro atoms. The molecule has 26 heavy (non-hydrogen) atoms. The van der Waals surface area contributed by atoms with Crippen molar-refractivity contribution in [2.24, 2.45) is 5.92 Å². The van der Waals surface area contributed by atoms with Gasteiger partial charge in [-0.05, 0) is 37.3 Å². The van der Waals surface area contributed by atoms with E-state index in [2.05, 4.69) is 20.9 Å². The SMILES string of the molecule is O=c1cccc2n1C[C@H]1C[C@H]2CN(Cc2ccnc(N3CCCC3)n2)C1. The van der Waals surface area contributed by atoms with Crippen LogP contribution in [0.15, 0.2) is 35.3 Å². The van der Waals surface area contributed by atoms with Crippen LogP contribution in [0.3, 0.4) is 0 Å². The number of fused-ring (bicyclic) bond motifs is 4. The van der Waals surface area contributed by atoms with Gasteiger partial charge in [0.15, 0.2) is 0 Å². The van der Waals surface area contributed by atoms with E-state index in [9.17, 15) is 4.79 Å². The van der Waals surface area contributed by atoms with Crippen LogP contribution >= 0.6 is 0 Å². The molecule has 5 rings (SSSR count). The molecule has 0 aromatic carbocycles. The minimum absolute atomic E-state index is 0.150. The quantitative estimate of drug-likeness (QED) is 0.845. The van der Waals surface area contributed by atoms with Crippen molar-refractivity contribution < 1.29 is 0 Å². The van der Waals surface area contributed by atoms with Crippen LogP contribution in [0.2, 0.25) is 0 Å². The maximum absolute atomic E-state index is 12.2. The largest absolute Gasteiger partial charge is 0.341 e. The highest BCUT2D eigenvalue weighted by Crippen LogP contribution is 2.35. The number of hydrogen-bond acceptors (Lipinski definition) is 5. The second-order valence-corrected chi connectivity index (χ2v) is 7.93. The number of anilines is 1.